The number of methoxy groups -OCH3 is 2. The van der Waals surface area contributed by atoms with Crippen LogP contribution in [0.3, 0.4) is 0 Å². The van der Waals surface area contributed by atoms with E-state index in [4.69, 9.17) is 14.2 Å². The molecule has 1 aliphatic heterocycles. The summed E-state index contributed by atoms with van der Waals surface area (Å²) in [5.41, 5.74) is 3.20. The molecule has 0 spiro atoms. The smallest absolute Gasteiger partial charge is 0.359 e. The van der Waals surface area contributed by atoms with E-state index >= 15 is 0 Å². The summed E-state index contributed by atoms with van der Waals surface area (Å²) in [6.45, 7) is 2.56. The number of carbonyl (C=O) groups excluding carboxylic acids is 1. The lowest BCUT2D eigenvalue weighted by atomic mass is 9.99. The second kappa shape index (κ2) is 7.58. The molecule has 0 fully saturated rings. The Morgan fingerprint density at radius 1 is 1.17 bits per heavy atom. The van der Waals surface area contributed by atoms with Crippen molar-refractivity contribution < 1.29 is 23.4 Å². The molecule has 0 radical (unpaired) electrons. The number of aromatic nitrogens is 2. The Labute approximate surface area is 167 Å². The van der Waals surface area contributed by atoms with Gasteiger partial charge in [-0.05, 0) is 43.2 Å². The number of hydrogen-bond donors (Lipinski definition) is 0. The number of imidazole rings is 1. The molecule has 29 heavy (non-hydrogen) atoms. The Bertz CT molecular complexity index is 1090. The molecule has 1 aliphatic rings. The van der Waals surface area contributed by atoms with Gasteiger partial charge in [0.15, 0.2) is 17.2 Å². The van der Waals surface area contributed by atoms with Gasteiger partial charge in [-0.3, -0.25) is 0 Å². The van der Waals surface area contributed by atoms with Gasteiger partial charge in [0, 0.05) is 17.7 Å². The number of rotatable bonds is 5. The first-order valence-corrected chi connectivity index (χ1v) is 9.36. The number of benzene rings is 2. The van der Waals surface area contributed by atoms with E-state index in [2.05, 4.69) is 4.98 Å². The van der Waals surface area contributed by atoms with Crippen molar-refractivity contribution in [1.29, 1.82) is 0 Å². The number of aryl methyl sites for hydroxylation is 1. The van der Waals surface area contributed by atoms with E-state index in [1.807, 2.05) is 16.7 Å². The molecular weight excluding hydrogens is 375 g/mol. The third-order valence-electron chi connectivity index (χ3n) is 4.99. The highest BCUT2D eigenvalue weighted by molar-refractivity contribution is 5.96. The summed E-state index contributed by atoms with van der Waals surface area (Å²) in [6.07, 6.45) is 0.712. The fourth-order valence-electron chi connectivity index (χ4n) is 3.71. The van der Waals surface area contributed by atoms with Gasteiger partial charge in [0.25, 0.3) is 0 Å². The maximum Gasteiger partial charge on any atom is 0.359 e. The Kier molecular flexibility index (Phi) is 4.96. The van der Waals surface area contributed by atoms with E-state index in [0.717, 1.165) is 11.1 Å². The van der Waals surface area contributed by atoms with E-state index in [0.29, 0.717) is 41.5 Å². The lowest BCUT2D eigenvalue weighted by Crippen LogP contribution is -2.13. The third kappa shape index (κ3) is 3.22. The zero-order valence-corrected chi connectivity index (χ0v) is 16.5. The van der Waals surface area contributed by atoms with Gasteiger partial charge < -0.3 is 18.8 Å². The molecule has 7 heteroatoms. The van der Waals surface area contributed by atoms with Crippen molar-refractivity contribution in [3.63, 3.8) is 0 Å². The van der Waals surface area contributed by atoms with Crippen molar-refractivity contribution in [3.8, 4) is 34.1 Å². The van der Waals surface area contributed by atoms with Gasteiger partial charge in [-0.15, -0.1) is 0 Å². The van der Waals surface area contributed by atoms with Crippen LogP contribution in [-0.2, 0) is 17.7 Å². The number of ether oxygens (including phenoxy) is 3. The van der Waals surface area contributed by atoms with Crippen molar-refractivity contribution in [2.45, 2.75) is 19.9 Å². The van der Waals surface area contributed by atoms with Crippen LogP contribution in [0.1, 0.15) is 23.0 Å². The van der Waals surface area contributed by atoms with Gasteiger partial charge in [0.2, 0.25) is 0 Å². The fraction of sp³-hybridized carbons (Fsp3) is 0.273. The Hall–Kier alpha value is -3.35. The molecule has 3 aromatic rings. The first-order chi connectivity index (χ1) is 14.1. The van der Waals surface area contributed by atoms with Crippen molar-refractivity contribution in [2.75, 3.05) is 20.8 Å². The first-order valence-electron chi connectivity index (χ1n) is 9.36. The minimum absolute atomic E-state index is 0.176. The number of halogens is 1. The van der Waals surface area contributed by atoms with Crippen molar-refractivity contribution in [3.05, 3.63) is 53.5 Å². The van der Waals surface area contributed by atoms with Crippen molar-refractivity contribution >= 4 is 5.97 Å². The fourth-order valence-corrected chi connectivity index (χ4v) is 3.71. The molecule has 0 amide bonds. The molecule has 0 aliphatic carbocycles. The summed E-state index contributed by atoms with van der Waals surface area (Å²) in [5, 5.41) is 0. The van der Waals surface area contributed by atoms with Gasteiger partial charge in [-0.25, -0.2) is 14.2 Å². The molecule has 0 saturated heterocycles. The van der Waals surface area contributed by atoms with Crippen LogP contribution in [0.4, 0.5) is 4.39 Å². The van der Waals surface area contributed by atoms with E-state index < -0.39 is 5.97 Å². The van der Waals surface area contributed by atoms with Crippen LogP contribution in [0, 0.1) is 5.82 Å². The summed E-state index contributed by atoms with van der Waals surface area (Å²) < 4.78 is 31.9. The Balaban J connectivity index is 1.96. The highest BCUT2D eigenvalue weighted by Crippen LogP contribution is 2.41. The Morgan fingerprint density at radius 3 is 2.62 bits per heavy atom. The number of carbonyl (C=O) groups is 1. The van der Waals surface area contributed by atoms with Gasteiger partial charge in [0.05, 0.1) is 26.5 Å². The molecule has 0 saturated carbocycles. The Morgan fingerprint density at radius 2 is 1.93 bits per heavy atom. The molecule has 2 heterocycles. The maximum atomic E-state index is 13.9. The minimum atomic E-state index is -0.532. The standard InChI is InChI=1S/C22H21FN2O4/c1-4-29-22(26)19-20(14-6-5-7-15(23)10-14)25-9-8-13-11-17(27-2)18(28-3)12-16(13)21(25)24-19/h5-7,10-12H,4,8-9H2,1-3H3. The van der Waals surface area contributed by atoms with Crippen LogP contribution < -0.4 is 9.47 Å². The van der Waals surface area contributed by atoms with Gasteiger partial charge in [-0.1, -0.05) is 12.1 Å². The van der Waals surface area contributed by atoms with Crippen molar-refractivity contribution in [1.82, 2.24) is 9.55 Å². The summed E-state index contributed by atoms with van der Waals surface area (Å²) >= 11 is 0. The summed E-state index contributed by atoms with van der Waals surface area (Å²) in [5.74, 6) is 0.926. The van der Waals surface area contributed by atoms with Crippen LogP contribution in [0.25, 0.3) is 22.6 Å². The molecule has 0 N–H and O–H groups in total. The van der Waals surface area contributed by atoms with Gasteiger partial charge in [-0.2, -0.15) is 0 Å². The molecule has 150 valence electrons. The molecule has 0 unspecified atom stereocenters. The predicted molar refractivity (Wildman–Crippen MR) is 106 cm³/mol. The number of fused-ring (bicyclic) bond motifs is 3. The van der Waals surface area contributed by atoms with Crippen molar-refractivity contribution in [2.24, 2.45) is 0 Å². The average Bonchev–Trinajstić information content (AvgIpc) is 3.13. The zero-order valence-electron chi connectivity index (χ0n) is 16.5. The second-order valence-electron chi connectivity index (χ2n) is 6.63. The molecule has 1 aromatic heterocycles. The molecule has 2 aromatic carbocycles. The first kappa shape index (κ1) is 19.0. The third-order valence-corrected chi connectivity index (χ3v) is 4.99. The van der Waals surface area contributed by atoms with E-state index in [1.165, 1.54) is 12.1 Å². The minimum Gasteiger partial charge on any atom is -0.493 e. The lowest BCUT2D eigenvalue weighted by molar-refractivity contribution is 0.0521. The highest BCUT2D eigenvalue weighted by Gasteiger charge is 2.29. The normalized spacial score (nSPS) is 12.1. The second-order valence-corrected chi connectivity index (χ2v) is 6.63. The molecule has 6 nitrogen and oxygen atoms in total. The number of nitrogens with zero attached hydrogens (tertiary/aromatic N) is 2. The number of esters is 1. The molecule has 0 atom stereocenters. The van der Waals surface area contributed by atoms with E-state index in [-0.39, 0.29) is 18.1 Å². The average molecular weight is 396 g/mol. The van der Waals surface area contributed by atoms with Gasteiger partial charge in [0.1, 0.15) is 11.6 Å². The van der Waals surface area contributed by atoms with Crippen LogP contribution in [0.5, 0.6) is 11.5 Å². The van der Waals surface area contributed by atoms with Crippen LogP contribution in [0.15, 0.2) is 36.4 Å². The van der Waals surface area contributed by atoms with Gasteiger partial charge >= 0.3 is 5.97 Å². The molecular formula is C22H21FN2O4. The summed E-state index contributed by atoms with van der Waals surface area (Å²) in [4.78, 5) is 17.3. The van der Waals surface area contributed by atoms with Crippen LogP contribution in [-0.4, -0.2) is 36.3 Å². The summed E-state index contributed by atoms with van der Waals surface area (Å²) in [7, 11) is 3.16. The van der Waals surface area contributed by atoms with Crippen LogP contribution in [0.2, 0.25) is 0 Å². The molecule has 4 rings (SSSR count). The predicted octanol–water partition coefficient (Wildman–Crippen LogP) is 4.11. The largest absolute Gasteiger partial charge is 0.493 e. The molecule has 0 bridgehead atoms. The highest BCUT2D eigenvalue weighted by atomic mass is 19.1. The topological polar surface area (TPSA) is 62.6 Å². The van der Waals surface area contributed by atoms with E-state index in [1.54, 1.807) is 33.3 Å². The lowest BCUT2D eigenvalue weighted by Gasteiger charge is -2.22. The SMILES string of the molecule is CCOC(=O)c1nc2n(c1-c1cccc(F)c1)CCc1cc(OC)c(OC)cc1-2. The quantitative estimate of drug-likeness (QED) is 0.608. The summed E-state index contributed by atoms with van der Waals surface area (Å²) in [6, 6.07) is 9.93. The monoisotopic (exact) mass is 396 g/mol. The number of hydrogen-bond acceptors (Lipinski definition) is 5. The van der Waals surface area contributed by atoms with Crippen LogP contribution >= 0.6 is 0 Å². The zero-order chi connectivity index (χ0) is 20.5. The van der Waals surface area contributed by atoms with E-state index in [9.17, 15) is 9.18 Å². The maximum absolute atomic E-state index is 13.9.